The van der Waals surface area contributed by atoms with Crippen LogP contribution < -0.4 is 4.90 Å². The van der Waals surface area contributed by atoms with Crippen LogP contribution in [0.2, 0.25) is 0 Å². The standard InChI is InChI=1S/C13H18FNO2/c1-9(16)10-3-4-13(12(14)7-10)15-6-5-11(8-15)17-2/h3-4,7,9,11,16H,5-6,8H2,1-2H3/t9-,11?/m0/s1. The monoisotopic (exact) mass is 239 g/mol. The molecule has 1 unspecified atom stereocenters. The number of anilines is 1. The van der Waals surface area contributed by atoms with Crippen molar-refractivity contribution in [3.63, 3.8) is 0 Å². The smallest absolute Gasteiger partial charge is 0.146 e. The zero-order chi connectivity index (χ0) is 12.4. The Morgan fingerprint density at radius 2 is 2.29 bits per heavy atom. The van der Waals surface area contributed by atoms with Crippen LogP contribution in [0.5, 0.6) is 0 Å². The predicted octanol–water partition coefficient (Wildman–Crippen LogP) is 2.10. The average molecular weight is 239 g/mol. The van der Waals surface area contributed by atoms with Gasteiger partial charge < -0.3 is 14.7 Å². The van der Waals surface area contributed by atoms with Crippen LogP contribution in [0.1, 0.15) is 25.0 Å². The van der Waals surface area contributed by atoms with Gasteiger partial charge in [0, 0.05) is 20.2 Å². The summed E-state index contributed by atoms with van der Waals surface area (Å²) in [6.45, 7) is 3.16. The first-order valence-electron chi connectivity index (χ1n) is 5.87. The Labute approximate surface area is 101 Å². The van der Waals surface area contributed by atoms with Crippen molar-refractivity contribution < 1.29 is 14.2 Å². The largest absolute Gasteiger partial charge is 0.389 e. The lowest BCUT2D eigenvalue weighted by atomic mass is 10.1. The second kappa shape index (κ2) is 5.02. The number of hydrogen-bond donors (Lipinski definition) is 1. The number of benzene rings is 1. The summed E-state index contributed by atoms with van der Waals surface area (Å²) in [5.74, 6) is -0.278. The highest BCUT2D eigenvalue weighted by molar-refractivity contribution is 5.50. The Kier molecular flexibility index (Phi) is 3.64. The minimum atomic E-state index is -0.635. The molecular weight excluding hydrogens is 221 g/mol. The Bertz CT molecular complexity index is 395. The molecule has 0 bridgehead atoms. The first kappa shape index (κ1) is 12.3. The van der Waals surface area contributed by atoms with E-state index in [-0.39, 0.29) is 11.9 Å². The van der Waals surface area contributed by atoms with Gasteiger partial charge in [-0.1, -0.05) is 6.07 Å². The lowest BCUT2D eigenvalue weighted by Gasteiger charge is -2.20. The van der Waals surface area contributed by atoms with E-state index in [1.54, 1.807) is 26.2 Å². The van der Waals surface area contributed by atoms with Gasteiger partial charge in [-0.2, -0.15) is 0 Å². The molecule has 1 aliphatic rings. The van der Waals surface area contributed by atoms with Crippen LogP contribution in [0.15, 0.2) is 18.2 Å². The van der Waals surface area contributed by atoms with Crippen molar-refractivity contribution in [3.8, 4) is 0 Å². The molecule has 1 saturated heterocycles. The molecule has 94 valence electrons. The molecule has 0 saturated carbocycles. The summed E-state index contributed by atoms with van der Waals surface area (Å²) in [6.07, 6.45) is 0.475. The summed E-state index contributed by atoms with van der Waals surface area (Å²) in [4.78, 5) is 1.98. The van der Waals surface area contributed by atoms with Gasteiger partial charge in [-0.05, 0) is 31.0 Å². The van der Waals surface area contributed by atoms with Gasteiger partial charge in [0.1, 0.15) is 5.82 Å². The van der Waals surface area contributed by atoms with E-state index in [1.807, 2.05) is 4.90 Å². The molecule has 2 rings (SSSR count). The van der Waals surface area contributed by atoms with Crippen molar-refractivity contribution >= 4 is 5.69 Å². The Morgan fingerprint density at radius 1 is 1.53 bits per heavy atom. The highest BCUT2D eigenvalue weighted by Crippen LogP contribution is 2.27. The second-order valence-electron chi connectivity index (χ2n) is 4.48. The summed E-state index contributed by atoms with van der Waals surface area (Å²) >= 11 is 0. The zero-order valence-electron chi connectivity index (χ0n) is 10.2. The van der Waals surface area contributed by atoms with E-state index in [9.17, 15) is 9.50 Å². The molecule has 1 heterocycles. The Morgan fingerprint density at radius 3 is 2.82 bits per heavy atom. The normalized spacial score (nSPS) is 21.9. The van der Waals surface area contributed by atoms with Gasteiger partial charge in [0.2, 0.25) is 0 Å². The Hall–Kier alpha value is -1.13. The highest BCUT2D eigenvalue weighted by atomic mass is 19.1. The van der Waals surface area contributed by atoms with Crippen molar-refractivity contribution in [2.75, 3.05) is 25.1 Å². The van der Waals surface area contributed by atoms with Crippen molar-refractivity contribution in [2.24, 2.45) is 0 Å². The van der Waals surface area contributed by atoms with Gasteiger partial charge in [-0.3, -0.25) is 0 Å². The van der Waals surface area contributed by atoms with Gasteiger partial charge in [-0.15, -0.1) is 0 Å². The fourth-order valence-electron chi connectivity index (χ4n) is 2.18. The van der Waals surface area contributed by atoms with E-state index in [2.05, 4.69) is 0 Å². The number of hydrogen-bond acceptors (Lipinski definition) is 3. The fraction of sp³-hybridized carbons (Fsp3) is 0.538. The minimum Gasteiger partial charge on any atom is -0.389 e. The third kappa shape index (κ3) is 2.58. The number of rotatable bonds is 3. The van der Waals surface area contributed by atoms with Crippen molar-refractivity contribution in [1.29, 1.82) is 0 Å². The van der Waals surface area contributed by atoms with Gasteiger partial charge in [0.05, 0.1) is 17.9 Å². The number of ether oxygens (including phenoxy) is 1. The van der Waals surface area contributed by atoms with Crippen LogP contribution in [-0.2, 0) is 4.74 Å². The van der Waals surface area contributed by atoms with E-state index in [0.717, 1.165) is 19.5 Å². The van der Waals surface area contributed by atoms with Crippen molar-refractivity contribution in [1.82, 2.24) is 0 Å². The molecule has 1 fully saturated rings. The maximum Gasteiger partial charge on any atom is 0.146 e. The molecule has 3 nitrogen and oxygen atoms in total. The van der Waals surface area contributed by atoms with E-state index in [1.165, 1.54) is 6.07 Å². The van der Waals surface area contributed by atoms with Crippen LogP contribution in [0.3, 0.4) is 0 Å². The SMILES string of the molecule is COC1CCN(c2ccc([C@H](C)O)cc2F)C1. The molecular formula is C13H18FNO2. The second-order valence-corrected chi connectivity index (χ2v) is 4.48. The summed E-state index contributed by atoms with van der Waals surface area (Å²) in [7, 11) is 1.68. The van der Waals surface area contributed by atoms with Crippen LogP contribution in [0.4, 0.5) is 10.1 Å². The lowest BCUT2D eigenvalue weighted by molar-refractivity contribution is 0.121. The lowest BCUT2D eigenvalue weighted by Crippen LogP contribution is -2.23. The van der Waals surface area contributed by atoms with E-state index in [4.69, 9.17) is 4.74 Å². The average Bonchev–Trinajstić information content (AvgIpc) is 2.77. The molecule has 0 amide bonds. The summed E-state index contributed by atoms with van der Waals surface area (Å²) in [5, 5.41) is 9.38. The maximum absolute atomic E-state index is 13.9. The number of nitrogens with zero attached hydrogens (tertiary/aromatic N) is 1. The molecule has 1 N–H and O–H groups in total. The number of halogens is 1. The van der Waals surface area contributed by atoms with Gasteiger partial charge >= 0.3 is 0 Å². The summed E-state index contributed by atoms with van der Waals surface area (Å²) in [6, 6.07) is 4.90. The zero-order valence-corrected chi connectivity index (χ0v) is 10.2. The van der Waals surface area contributed by atoms with E-state index >= 15 is 0 Å². The molecule has 0 radical (unpaired) electrons. The molecule has 0 aromatic heterocycles. The molecule has 2 atom stereocenters. The van der Waals surface area contributed by atoms with Crippen LogP contribution in [-0.4, -0.2) is 31.4 Å². The number of aliphatic hydroxyl groups excluding tert-OH is 1. The summed E-state index contributed by atoms with van der Waals surface area (Å²) < 4.78 is 19.2. The number of methoxy groups -OCH3 is 1. The molecule has 17 heavy (non-hydrogen) atoms. The van der Waals surface area contributed by atoms with Gasteiger partial charge in [-0.25, -0.2) is 4.39 Å². The first-order valence-corrected chi connectivity index (χ1v) is 5.87. The molecule has 1 aromatic rings. The minimum absolute atomic E-state index is 0.186. The highest BCUT2D eigenvalue weighted by Gasteiger charge is 2.24. The summed E-state index contributed by atoms with van der Waals surface area (Å²) in [5.41, 5.74) is 1.20. The van der Waals surface area contributed by atoms with Crippen LogP contribution in [0, 0.1) is 5.82 Å². The van der Waals surface area contributed by atoms with Gasteiger partial charge in [0.15, 0.2) is 0 Å². The molecule has 0 aliphatic carbocycles. The third-order valence-corrected chi connectivity index (χ3v) is 3.27. The topological polar surface area (TPSA) is 32.7 Å². The van der Waals surface area contributed by atoms with Crippen LogP contribution >= 0.6 is 0 Å². The van der Waals surface area contributed by atoms with Crippen molar-refractivity contribution in [2.45, 2.75) is 25.6 Å². The fourth-order valence-corrected chi connectivity index (χ4v) is 2.18. The van der Waals surface area contributed by atoms with Gasteiger partial charge in [0.25, 0.3) is 0 Å². The van der Waals surface area contributed by atoms with Crippen molar-refractivity contribution in [3.05, 3.63) is 29.6 Å². The van der Waals surface area contributed by atoms with E-state index < -0.39 is 6.10 Å². The predicted molar refractivity (Wildman–Crippen MR) is 64.7 cm³/mol. The number of aliphatic hydroxyl groups is 1. The molecule has 4 heteroatoms. The van der Waals surface area contributed by atoms with Crippen LogP contribution in [0.25, 0.3) is 0 Å². The Balaban J connectivity index is 2.17. The molecule has 0 spiro atoms. The van der Waals surface area contributed by atoms with E-state index in [0.29, 0.717) is 11.3 Å². The molecule has 1 aromatic carbocycles. The third-order valence-electron chi connectivity index (χ3n) is 3.27. The quantitative estimate of drug-likeness (QED) is 0.876. The maximum atomic E-state index is 13.9. The first-order chi connectivity index (χ1) is 8.11. The molecule has 1 aliphatic heterocycles.